The maximum atomic E-state index is 14.6. The van der Waals surface area contributed by atoms with Crippen molar-refractivity contribution in [2.24, 2.45) is 11.1 Å². The van der Waals surface area contributed by atoms with Gasteiger partial charge in [-0.1, -0.05) is 86.3 Å². The summed E-state index contributed by atoms with van der Waals surface area (Å²) in [6.07, 6.45) is 5.56. The lowest BCUT2D eigenvalue weighted by molar-refractivity contribution is -0.140. The minimum atomic E-state index is -3.27. The third kappa shape index (κ3) is 9.00. The van der Waals surface area contributed by atoms with Crippen molar-refractivity contribution < 1.29 is 28.0 Å². The van der Waals surface area contributed by atoms with E-state index in [4.69, 9.17) is 13.9 Å². The molecule has 0 amide bonds. The van der Waals surface area contributed by atoms with Gasteiger partial charge in [-0.15, -0.1) is 0 Å². The molecule has 5 rings (SSSR count). The molecular weight excluding hydrogens is 683 g/mol. The Labute approximate surface area is 314 Å². The molecule has 0 radical (unpaired) electrons. The first-order valence-electron chi connectivity index (χ1n) is 19.2. The van der Waals surface area contributed by atoms with Crippen LogP contribution in [0.4, 0.5) is 0 Å². The van der Waals surface area contributed by atoms with E-state index in [0.717, 1.165) is 86.2 Å². The normalized spacial score (nSPS) is 12.9. The highest BCUT2D eigenvalue weighted by molar-refractivity contribution is 7.53. The van der Waals surface area contributed by atoms with Gasteiger partial charge in [0.25, 0.3) is 0 Å². The van der Waals surface area contributed by atoms with Crippen LogP contribution in [0.15, 0.2) is 65.8 Å². The van der Waals surface area contributed by atoms with E-state index in [1.807, 2.05) is 32.0 Å². The van der Waals surface area contributed by atoms with Crippen molar-refractivity contribution in [2.75, 3.05) is 19.4 Å². The summed E-state index contributed by atoms with van der Waals surface area (Å²) in [4.78, 5) is 31.8. The van der Waals surface area contributed by atoms with Gasteiger partial charge in [0.05, 0.1) is 30.6 Å². The van der Waals surface area contributed by atoms with Gasteiger partial charge in [0.2, 0.25) is 0 Å². The van der Waals surface area contributed by atoms with E-state index in [1.54, 1.807) is 13.8 Å². The average molecular weight is 739 g/mol. The van der Waals surface area contributed by atoms with Crippen LogP contribution in [0.2, 0.25) is 0 Å². The summed E-state index contributed by atoms with van der Waals surface area (Å²) in [6.45, 7) is 16.9. The molecule has 0 aliphatic heterocycles. The summed E-state index contributed by atoms with van der Waals surface area (Å²) in [5.74, 6) is -0.0306. The maximum Gasteiger partial charge on any atom is 0.331 e. The Morgan fingerprint density at radius 2 is 1.51 bits per heavy atom. The summed E-state index contributed by atoms with van der Waals surface area (Å²) in [7, 11) is -3.27. The number of carbonyl (C=O) groups excluding carboxylic acids is 2. The Bertz CT molecular complexity index is 2170. The van der Waals surface area contributed by atoms with Gasteiger partial charge < -0.3 is 18.5 Å². The van der Waals surface area contributed by atoms with E-state index in [9.17, 15) is 14.2 Å². The van der Waals surface area contributed by atoms with Gasteiger partial charge in [-0.2, -0.15) is 0 Å². The number of benzene rings is 4. The Morgan fingerprint density at radius 1 is 0.830 bits per heavy atom. The summed E-state index contributed by atoms with van der Waals surface area (Å²) in [5, 5.41) is 8.24. The zero-order valence-electron chi connectivity index (χ0n) is 32.7. The number of oxime groups is 1. The topological polar surface area (TPSA) is 96.2 Å². The van der Waals surface area contributed by atoms with Crippen LogP contribution in [0.1, 0.15) is 111 Å². The van der Waals surface area contributed by atoms with Crippen LogP contribution in [-0.2, 0) is 29.8 Å². The lowest BCUT2D eigenvalue weighted by Crippen LogP contribution is -2.11. The van der Waals surface area contributed by atoms with Gasteiger partial charge in [-0.05, 0) is 94.5 Å². The molecule has 0 saturated carbocycles. The third-order valence-corrected chi connectivity index (χ3v) is 12.3. The molecule has 0 aliphatic carbocycles. The molecule has 0 spiro atoms. The van der Waals surface area contributed by atoms with Crippen LogP contribution in [-0.4, -0.2) is 41.4 Å². The highest BCUT2D eigenvalue weighted by Gasteiger charge is 2.25. The van der Waals surface area contributed by atoms with Gasteiger partial charge >= 0.3 is 13.6 Å². The van der Waals surface area contributed by atoms with Crippen LogP contribution in [0.5, 0.6) is 0 Å². The Morgan fingerprint density at radius 3 is 2.13 bits per heavy atom. The zero-order valence-corrected chi connectivity index (χ0v) is 33.6. The van der Waals surface area contributed by atoms with E-state index in [0.29, 0.717) is 30.0 Å². The summed E-state index contributed by atoms with van der Waals surface area (Å²) >= 11 is 0. The monoisotopic (exact) mass is 738 g/mol. The lowest BCUT2D eigenvalue weighted by Gasteiger charge is -2.19. The van der Waals surface area contributed by atoms with Crippen molar-refractivity contribution >= 4 is 57.6 Å². The van der Waals surface area contributed by atoms with Crippen LogP contribution in [0, 0.1) is 26.7 Å². The zero-order chi connectivity index (χ0) is 38.3. The molecular formula is C44H55N2O6P. The fourth-order valence-electron chi connectivity index (χ4n) is 7.73. The smallest absolute Gasteiger partial charge is 0.331 e. The second kappa shape index (κ2) is 17.8. The highest BCUT2D eigenvalue weighted by atomic mass is 31.2. The second-order valence-corrected chi connectivity index (χ2v) is 16.3. The minimum absolute atomic E-state index is 0.00895. The fraction of sp³-hybridized carbons (Fsp3) is 0.432. The Hall–Kier alpha value is -4.10. The van der Waals surface area contributed by atoms with E-state index < -0.39 is 13.6 Å². The van der Waals surface area contributed by atoms with Crippen LogP contribution >= 0.6 is 7.60 Å². The Kier molecular flexibility index (Phi) is 13.5. The molecule has 0 fully saturated rings. The first-order chi connectivity index (χ1) is 25.4. The molecule has 4 aromatic carbocycles. The molecule has 1 atom stereocenters. The molecule has 0 aliphatic rings. The van der Waals surface area contributed by atoms with Crippen LogP contribution in [0.3, 0.4) is 0 Å². The molecule has 0 saturated heterocycles. The van der Waals surface area contributed by atoms with Crippen molar-refractivity contribution in [3.8, 4) is 0 Å². The number of carbonyl (C=O) groups is 2. The number of hydrogen-bond acceptors (Lipinski definition) is 7. The van der Waals surface area contributed by atoms with Crippen LogP contribution < -0.4 is 0 Å². The van der Waals surface area contributed by atoms with Gasteiger partial charge in [0.15, 0.2) is 5.78 Å². The predicted molar refractivity (Wildman–Crippen MR) is 218 cm³/mol. The quantitative estimate of drug-likeness (QED) is 0.0292. The molecule has 8 nitrogen and oxygen atoms in total. The minimum Gasteiger partial charge on any atom is -0.340 e. The maximum absolute atomic E-state index is 14.6. The number of fused-ring (bicyclic) bond motifs is 5. The molecule has 1 unspecified atom stereocenters. The second-order valence-electron chi connectivity index (χ2n) is 14.1. The SMILES string of the molecule is CCCCC(CC)Cn1c2ccc(/C(CCCP(=O)(OCC)OCC)=N/OC(C)=O)cc2c2cc(C(=O)c3c(C)cc(C)cc3C)c3ccccc3c21. The molecule has 53 heavy (non-hydrogen) atoms. The third-order valence-electron chi connectivity index (χ3n) is 10.1. The van der Waals surface area contributed by atoms with Gasteiger partial charge in [0, 0.05) is 51.8 Å². The molecule has 0 bridgehead atoms. The standard InChI is InChI=1S/C44H55N2O6P/c1-9-13-17-33(10-2)28-46-41-22-21-34(40(45-52-32(8)47)20-16-23-53(49,50-11-3)51-12-4)26-37(41)38-27-39(35-18-14-15-19-36(35)43(38)46)44(48)42-30(6)24-29(5)25-31(42)7/h14-15,18-19,21-22,24-27,33H,9-13,16-17,20,23,28H2,1-8H3/b45-40+. The Balaban J connectivity index is 1.74. The first kappa shape index (κ1) is 40.1. The number of ketones is 1. The lowest BCUT2D eigenvalue weighted by atomic mass is 9.89. The number of aromatic nitrogens is 1. The van der Waals surface area contributed by atoms with Gasteiger partial charge in [-0.3, -0.25) is 9.36 Å². The number of nitrogens with zero attached hydrogens (tertiary/aromatic N) is 2. The van der Waals surface area contributed by atoms with E-state index in [2.05, 4.69) is 73.0 Å². The van der Waals surface area contributed by atoms with Crippen molar-refractivity contribution in [1.29, 1.82) is 0 Å². The van der Waals surface area contributed by atoms with Crippen molar-refractivity contribution in [1.82, 2.24) is 4.57 Å². The molecule has 0 N–H and O–H groups in total. The van der Waals surface area contributed by atoms with Crippen molar-refractivity contribution in [2.45, 2.75) is 100 Å². The van der Waals surface area contributed by atoms with E-state index in [-0.39, 0.29) is 25.2 Å². The van der Waals surface area contributed by atoms with Crippen molar-refractivity contribution in [3.05, 3.63) is 94.0 Å². The number of rotatable bonds is 18. The summed E-state index contributed by atoms with van der Waals surface area (Å²) in [6, 6.07) is 20.7. The molecule has 9 heteroatoms. The number of unbranched alkanes of at least 4 members (excludes halogenated alkanes) is 1. The molecule has 5 aromatic rings. The average Bonchev–Trinajstić information content (AvgIpc) is 3.43. The molecule has 282 valence electrons. The van der Waals surface area contributed by atoms with Crippen molar-refractivity contribution in [3.63, 3.8) is 0 Å². The summed E-state index contributed by atoms with van der Waals surface area (Å²) in [5.41, 5.74) is 7.98. The van der Waals surface area contributed by atoms with E-state index in [1.165, 1.54) is 13.3 Å². The first-order valence-corrected chi connectivity index (χ1v) is 20.9. The molecule has 1 aromatic heterocycles. The van der Waals surface area contributed by atoms with E-state index >= 15 is 0 Å². The predicted octanol–water partition coefficient (Wildman–Crippen LogP) is 11.6. The number of aryl methyl sites for hydroxylation is 3. The number of hydrogen-bond donors (Lipinski definition) is 0. The van der Waals surface area contributed by atoms with Gasteiger partial charge in [-0.25, -0.2) is 4.79 Å². The van der Waals surface area contributed by atoms with Gasteiger partial charge in [0.1, 0.15) is 0 Å². The fourth-order valence-corrected chi connectivity index (χ4v) is 9.40. The highest BCUT2D eigenvalue weighted by Crippen LogP contribution is 2.49. The summed E-state index contributed by atoms with van der Waals surface area (Å²) < 4.78 is 26.8. The van der Waals surface area contributed by atoms with Crippen LogP contribution in [0.25, 0.3) is 32.6 Å². The molecule has 1 heterocycles. The largest absolute Gasteiger partial charge is 0.340 e.